The van der Waals surface area contributed by atoms with Gasteiger partial charge in [0, 0.05) is 45.4 Å². The maximum Gasteiger partial charge on any atom is 0.152 e. The van der Waals surface area contributed by atoms with E-state index >= 15 is 0 Å². The molecule has 200 valence electrons. The van der Waals surface area contributed by atoms with Crippen LogP contribution in [-0.4, -0.2) is 51.0 Å². The van der Waals surface area contributed by atoms with Crippen LogP contribution in [0, 0.1) is 12.8 Å². The van der Waals surface area contributed by atoms with Crippen LogP contribution in [0.2, 0.25) is 15.1 Å². The fourth-order valence-electron chi connectivity index (χ4n) is 3.90. The zero-order chi connectivity index (χ0) is 27.1. The van der Waals surface area contributed by atoms with Gasteiger partial charge in [0.05, 0.1) is 15.6 Å². The number of rotatable bonds is 10. The molecule has 0 amide bonds. The number of benzene rings is 2. The molecule has 0 aromatic heterocycles. The van der Waals surface area contributed by atoms with E-state index in [9.17, 15) is 8.42 Å². The van der Waals surface area contributed by atoms with Gasteiger partial charge in [-0.3, -0.25) is 8.51 Å². The van der Waals surface area contributed by atoms with Crippen LogP contribution in [0.15, 0.2) is 47.4 Å². The summed E-state index contributed by atoms with van der Waals surface area (Å²) in [5.41, 5.74) is 0.664. The Hall–Kier alpha value is -1.07. The van der Waals surface area contributed by atoms with Crippen molar-refractivity contribution in [2.45, 2.75) is 56.1 Å². The van der Waals surface area contributed by atoms with E-state index in [0.29, 0.717) is 37.4 Å². The van der Waals surface area contributed by atoms with Crippen LogP contribution in [0.4, 0.5) is 5.69 Å². The van der Waals surface area contributed by atoms with Gasteiger partial charge in [-0.25, -0.2) is 4.21 Å². The lowest BCUT2D eigenvalue weighted by Gasteiger charge is -2.31. The van der Waals surface area contributed by atoms with Crippen LogP contribution < -0.4 is 4.31 Å². The molecule has 0 aliphatic carbocycles. The lowest BCUT2D eigenvalue weighted by molar-refractivity contribution is 0.228. The molecule has 2 aromatic rings. The molecule has 3 unspecified atom stereocenters. The first-order valence-corrected chi connectivity index (χ1v) is 16.0. The van der Waals surface area contributed by atoms with Crippen LogP contribution in [-0.2, 0) is 21.8 Å². The predicted octanol–water partition coefficient (Wildman–Crippen LogP) is 7.46. The summed E-state index contributed by atoms with van der Waals surface area (Å²) in [6.07, 6.45) is 14.9. The lowest BCUT2D eigenvalue weighted by atomic mass is 10.1. The molecule has 4 nitrogen and oxygen atoms in total. The van der Waals surface area contributed by atoms with Gasteiger partial charge < -0.3 is 4.90 Å². The van der Waals surface area contributed by atoms with Gasteiger partial charge >= 0.3 is 0 Å². The van der Waals surface area contributed by atoms with Gasteiger partial charge in [0.15, 0.2) is 11.0 Å². The third-order valence-corrected chi connectivity index (χ3v) is 9.24. The third-order valence-electron chi connectivity index (χ3n) is 5.66. The largest absolute Gasteiger partial charge is 0.302 e. The van der Waals surface area contributed by atoms with Gasteiger partial charge in [-0.1, -0.05) is 55.1 Å². The van der Waals surface area contributed by atoms with Gasteiger partial charge in [0.1, 0.15) is 0 Å². The highest BCUT2D eigenvalue weighted by molar-refractivity contribution is 7.86. The molecule has 0 bridgehead atoms. The minimum absolute atomic E-state index is 0.297. The molecule has 9 heteroatoms. The van der Waals surface area contributed by atoms with Gasteiger partial charge in [-0.15, -0.1) is 12.8 Å². The van der Waals surface area contributed by atoms with E-state index in [2.05, 4.69) is 17.7 Å². The van der Waals surface area contributed by atoms with Crippen LogP contribution in [0.1, 0.15) is 46.0 Å². The minimum atomic E-state index is -1.43. The number of hydrogen-bond acceptors (Lipinski definition) is 3. The zero-order valence-electron chi connectivity index (χ0n) is 21.3. The van der Waals surface area contributed by atoms with Gasteiger partial charge in [0.25, 0.3) is 0 Å². The molecule has 1 aliphatic heterocycles. The van der Waals surface area contributed by atoms with Gasteiger partial charge in [-0.05, 0) is 81.2 Å². The van der Waals surface area contributed by atoms with E-state index in [-0.39, 0.29) is 0 Å². The van der Waals surface area contributed by atoms with Crippen molar-refractivity contribution < 1.29 is 8.42 Å². The summed E-state index contributed by atoms with van der Waals surface area (Å²) in [6, 6.07) is 12.2. The Bertz CT molecular complexity index is 987. The molecule has 0 radical (unpaired) electrons. The molecular formula is C27H37Cl3N2O2S2. The normalized spacial score (nSPS) is 17.1. The lowest BCUT2D eigenvalue weighted by Crippen LogP contribution is -2.40. The SMILES string of the molecule is C#C.CC.CS(=O)C1CCCN(CCCCCN(c2cc(Cl)ccc2Cl)S(=O)c2ccc(Cl)cc2)C1. The number of terminal acetylenes is 1. The van der Waals surface area contributed by atoms with Crippen molar-refractivity contribution in [3.63, 3.8) is 0 Å². The average Bonchev–Trinajstić information content (AvgIpc) is 2.90. The molecule has 0 spiro atoms. The highest BCUT2D eigenvalue weighted by atomic mass is 35.5. The van der Waals surface area contributed by atoms with E-state index in [4.69, 9.17) is 34.8 Å². The Morgan fingerprint density at radius 3 is 2.25 bits per heavy atom. The quantitative estimate of drug-likeness (QED) is 0.213. The third kappa shape index (κ3) is 10.7. The highest BCUT2D eigenvalue weighted by Gasteiger charge is 2.22. The van der Waals surface area contributed by atoms with E-state index in [1.54, 1.807) is 42.5 Å². The summed E-state index contributed by atoms with van der Waals surface area (Å²) in [6.45, 7) is 7.61. The van der Waals surface area contributed by atoms with Crippen molar-refractivity contribution in [1.82, 2.24) is 4.90 Å². The van der Waals surface area contributed by atoms with E-state index in [0.717, 1.165) is 51.7 Å². The standard InChI is InChI=1S/C23H29Cl3N2O2S2.C2H6.C2H2/c1-31(29)21-6-5-14-27(17-21)13-3-2-4-15-28(23-16-19(25)9-12-22(23)26)32(30)20-10-7-18(24)8-11-20;2*1-2/h7-12,16,21H,2-6,13-15,17H2,1H3;1-2H3;1-2H. The van der Waals surface area contributed by atoms with Crippen molar-refractivity contribution in [1.29, 1.82) is 0 Å². The molecule has 3 atom stereocenters. The minimum Gasteiger partial charge on any atom is -0.302 e. The summed E-state index contributed by atoms with van der Waals surface area (Å²) < 4.78 is 27.0. The number of nitrogens with zero attached hydrogens (tertiary/aromatic N) is 2. The Labute approximate surface area is 237 Å². The molecular weight excluding hydrogens is 555 g/mol. The highest BCUT2D eigenvalue weighted by Crippen LogP contribution is 2.32. The summed E-state index contributed by atoms with van der Waals surface area (Å²) in [4.78, 5) is 3.09. The second-order valence-electron chi connectivity index (χ2n) is 8.03. The average molecular weight is 592 g/mol. The number of anilines is 1. The number of likely N-dealkylation sites (tertiary alicyclic amines) is 1. The summed E-state index contributed by atoms with van der Waals surface area (Å²) in [5.74, 6) is 0. The predicted molar refractivity (Wildman–Crippen MR) is 160 cm³/mol. The fourth-order valence-corrected chi connectivity index (χ4v) is 6.63. The Morgan fingerprint density at radius 1 is 0.972 bits per heavy atom. The Kier molecular flexibility index (Phi) is 16.7. The molecule has 1 saturated heterocycles. The van der Waals surface area contributed by atoms with Crippen LogP contribution in [0.3, 0.4) is 0 Å². The number of unbranched alkanes of at least 4 members (excludes halogenated alkanes) is 2. The number of halogens is 3. The smallest absolute Gasteiger partial charge is 0.152 e. The molecule has 1 aliphatic rings. The maximum absolute atomic E-state index is 13.4. The second kappa shape index (κ2) is 18.2. The number of hydrogen-bond donors (Lipinski definition) is 0. The van der Waals surface area contributed by atoms with Crippen molar-refractivity contribution in [2.24, 2.45) is 0 Å². The first-order valence-electron chi connectivity index (χ1n) is 12.1. The first kappa shape index (κ1) is 33.0. The second-order valence-corrected chi connectivity index (χ2v) is 12.4. The molecule has 3 rings (SSSR count). The van der Waals surface area contributed by atoms with Crippen LogP contribution >= 0.6 is 34.8 Å². The molecule has 2 aromatic carbocycles. The summed E-state index contributed by atoms with van der Waals surface area (Å²) in [7, 11) is -2.18. The fraction of sp³-hybridized carbons (Fsp3) is 0.481. The van der Waals surface area contributed by atoms with E-state index < -0.39 is 21.8 Å². The molecule has 1 fully saturated rings. The van der Waals surface area contributed by atoms with Crippen molar-refractivity contribution in [3.05, 3.63) is 57.5 Å². The summed E-state index contributed by atoms with van der Waals surface area (Å²) in [5, 5.41) is 1.97. The maximum atomic E-state index is 13.4. The van der Waals surface area contributed by atoms with Crippen LogP contribution in [0.5, 0.6) is 0 Å². The Morgan fingerprint density at radius 2 is 1.61 bits per heavy atom. The summed E-state index contributed by atoms with van der Waals surface area (Å²) >= 11 is 18.6. The molecule has 36 heavy (non-hydrogen) atoms. The van der Waals surface area contributed by atoms with Gasteiger partial charge in [0.2, 0.25) is 0 Å². The topological polar surface area (TPSA) is 40.6 Å². The van der Waals surface area contributed by atoms with Crippen molar-refractivity contribution >= 4 is 62.3 Å². The zero-order valence-corrected chi connectivity index (χ0v) is 25.2. The number of piperidine rings is 1. The van der Waals surface area contributed by atoms with E-state index in [1.165, 1.54) is 0 Å². The first-order chi connectivity index (χ1) is 17.3. The van der Waals surface area contributed by atoms with Gasteiger partial charge in [-0.2, -0.15) is 0 Å². The monoisotopic (exact) mass is 590 g/mol. The van der Waals surface area contributed by atoms with Crippen LogP contribution in [0.25, 0.3) is 0 Å². The molecule has 0 saturated carbocycles. The van der Waals surface area contributed by atoms with E-state index in [1.807, 2.05) is 24.4 Å². The van der Waals surface area contributed by atoms with Crippen molar-refractivity contribution in [2.75, 3.05) is 36.7 Å². The van der Waals surface area contributed by atoms with Crippen molar-refractivity contribution in [3.8, 4) is 12.8 Å². The molecule has 0 N–H and O–H groups in total. The molecule has 1 heterocycles. The Balaban J connectivity index is 0.00000154.